The molecule has 170 valence electrons. The molecule has 1 atom stereocenters. The molecular weight excluding hydrogens is 410 g/mol. The topological polar surface area (TPSA) is 62.3 Å². The van der Waals surface area contributed by atoms with Crippen molar-refractivity contribution >= 4 is 11.8 Å². The van der Waals surface area contributed by atoms with Crippen molar-refractivity contribution in [2.75, 3.05) is 19.6 Å². The van der Waals surface area contributed by atoms with Crippen LogP contribution < -0.4 is 5.32 Å². The highest BCUT2D eigenvalue weighted by atomic mass is 16.2. The first-order chi connectivity index (χ1) is 16.1. The van der Waals surface area contributed by atoms with E-state index >= 15 is 0 Å². The van der Waals surface area contributed by atoms with Gasteiger partial charge in [-0.15, -0.1) is 0 Å². The standard InChI is InChI=1S/C28H31N3O2/c1-2-30-27(33)28(20-23-9-11-24(12-10-23)25-13-16-29-17-14-25)15-6-18-31(21-28)26(32)19-22-7-4-3-5-8-22/h3-5,7-14,16-17H,2,6,15,18-21H2,1H3,(H,30,33)/t28-/m1/s1. The predicted molar refractivity (Wildman–Crippen MR) is 130 cm³/mol. The molecule has 0 unspecified atom stereocenters. The van der Waals surface area contributed by atoms with Crippen LogP contribution in [0.25, 0.3) is 11.1 Å². The van der Waals surface area contributed by atoms with Gasteiger partial charge in [-0.2, -0.15) is 0 Å². The van der Waals surface area contributed by atoms with Gasteiger partial charge in [-0.3, -0.25) is 14.6 Å². The summed E-state index contributed by atoms with van der Waals surface area (Å²) < 4.78 is 0. The first kappa shape index (κ1) is 22.7. The van der Waals surface area contributed by atoms with Crippen LogP contribution in [0.15, 0.2) is 79.1 Å². The van der Waals surface area contributed by atoms with Gasteiger partial charge >= 0.3 is 0 Å². The number of carbonyl (C=O) groups is 2. The zero-order valence-electron chi connectivity index (χ0n) is 19.2. The molecule has 1 N–H and O–H groups in total. The summed E-state index contributed by atoms with van der Waals surface area (Å²) in [4.78, 5) is 32.3. The minimum Gasteiger partial charge on any atom is -0.356 e. The molecule has 5 heteroatoms. The molecule has 0 spiro atoms. The smallest absolute Gasteiger partial charge is 0.228 e. The van der Waals surface area contributed by atoms with Crippen molar-refractivity contribution in [2.24, 2.45) is 5.41 Å². The monoisotopic (exact) mass is 441 g/mol. The maximum atomic E-state index is 13.3. The molecule has 3 aromatic rings. The summed E-state index contributed by atoms with van der Waals surface area (Å²) >= 11 is 0. The fourth-order valence-corrected chi connectivity index (χ4v) is 4.74. The summed E-state index contributed by atoms with van der Waals surface area (Å²) in [6, 6.07) is 22.2. The van der Waals surface area contributed by atoms with Gasteiger partial charge < -0.3 is 10.2 Å². The van der Waals surface area contributed by atoms with Crippen LogP contribution in [0.3, 0.4) is 0 Å². The molecule has 5 nitrogen and oxygen atoms in total. The van der Waals surface area contributed by atoms with E-state index in [1.165, 1.54) is 0 Å². The van der Waals surface area contributed by atoms with Gasteiger partial charge in [-0.25, -0.2) is 0 Å². The SMILES string of the molecule is CCNC(=O)[C@@]1(Cc2ccc(-c3ccncc3)cc2)CCCN(C(=O)Cc2ccccc2)C1. The number of benzene rings is 2. The van der Waals surface area contributed by atoms with Crippen molar-refractivity contribution in [1.82, 2.24) is 15.2 Å². The number of pyridine rings is 1. The molecule has 4 rings (SSSR count). The number of nitrogens with zero attached hydrogens (tertiary/aromatic N) is 2. The molecule has 2 amide bonds. The Morgan fingerprint density at radius 3 is 2.33 bits per heavy atom. The van der Waals surface area contributed by atoms with Crippen LogP contribution in [0, 0.1) is 5.41 Å². The van der Waals surface area contributed by atoms with Crippen molar-refractivity contribution in [3.63, 3.8) is 0 Å². The zero-order chi connectivity index (χ0) is 23.1. The van der Waals surface area contributed by atoms with E-state index in [1.54, 1.807) is 12.4 Å². The highest BCUT2D eigenvalue weighted by molar-refractivity contribution is 5.85. The Bertz CT molecular complexity index is 1070. The molecular formula is C28H31N3O2. The van der Waals surface area contributed by atoms with Gasteiger partial charge in [0.15, 0.2) is 0 Å². The van der Waals surface area contributed by atoms with Crippen molar-refractivity contribution in [2.45, 2.75) is 32.6 Å². The third-order valence-corrected chi connectivity index (χ3v) is 6.46. The lowest BCUT2D eigenvalue weighted by Crippen LogP contribution is -2.54. The average molecular weight is 442 g/mol. The number of rotatable bonds is 7. The summed E-state index contributed by atoms with van der Waals surface area (Å²) in [5.74, 6) is 0.128. The molecule has 2 aromatic carbocycles. The van der Waals surface area contributed by atoms with Crippen molar-refractivity contribution < 1.29 is 9.59 Å². The number of hydrogen-bond donors (Lipinski definition) is 1. The highest BCUT2D eigenvalue weighted by Crippen LogP contribution is 2.35. The summed E-state index contributed by atoms with van der Waals surface area (Å²) in [5, 5.41) is 3.04. The minimum absolute atomic E-state index is 0.0421. The number of likely N-dealkylation sites (tertiary alicyclic amines) is 1. The number of hydrogen-bond acceptors (Lipinski definition) is 3. The molecule has 1 fully saturated rings. The third-order valence-electron chi connectivity index (χ3n) is 6.46. The van der Waals surface area contributed by atoms with Crippen LogP contribution in [0.4, 0.5) is 0 Å². The van der Waals surface area contributed by atoms with Crippen LogP contribution in [0.1, 0.15) is 30.9 Å². The molecule has 2 heterocycles. The van der Waals surface area contributed by atoms with Crippen molar-refractivity contribution in [1.29, 1.82) is 0 Å². The lowest BCUT2D eigenvalue weighted by atomic mass is 9.74. The minimum atomic E-state index is -0.612. The molecule has 0 aliphatic carbocycles. The Morgan fingerprint density at radius 2 is 1.64 bits per heavy atom. The summed E-state index contributed by atoms with van der Waals surface area (Å²) in [5.41, 5.74) is 3.74. The third kappa shape index (κ3) is 5.48. The van der Waals surface area contributed by atoms with Gasteiger partial charge in [0.05, 0.1) is 11.8 Å². The second kappa shape index (κ2) is 10.4. The molecule has 0 saturated carbocycles. The number of nitrogens with one attached hydrogen (secondary N) is 1. The zero-order valence-corrected chi connectivity index (χ0v) is 19.2. The van der Waals surface area contributed by atoms with E-state index in [-0.39, 0.29) is 11.8 Å². The van der Waals surface area contributed by atoms with Crippen LogP contribution in [-0.2, 0) is 22.4 Å². The highest BCUT2D eigenvalue weighted by Gasteiger charge is 2.43. The summed E-state index contributed by atoms with van der Waals surface area (Å²) in [6.45, 7) is 3.68. The van der Waals surface area contributed by atoms with E-state index in [1.807, 2.05) is 54.3 Å². The second-order valence-electron chi connectivity index (χ2n) is 8.83. The largest absolute Gasteiger partial charge is 0.356 e. The maximum absolute atomic E-state index is 13.3. The normalized spacial score (nSPS) is 18.0. The molecule has 33 heavy (non-hydrogen) atoms. The van der Waals surface area contributed by atoms with Gasteiger partial charge in [0.25, 0.3) is 0 Å². The van der Waals surface area contributed by atoms with Crippen molar-refractivity contribution in [3.8, 4) is 11.1 Å². The molecule has 1 aromatic heterocycles. The van der Waals surface area contributed by atoms with Crippen LogP contribution in [0.2, 0.25) is 0 Å². The summed E-state index contributed by atoms with van der Waals surface area (Å²) in [6.07, 6.45) is 6.16. The Balaban J connectivity index is 1.53. The Hall–Kier alpha value is -3.47. The van der Waals surface area contributed by atoms with Crippen LogP contribution in [0.5, 0.6) is 0 Å². The maximum Gasteiger partial charge on any atom is 0.228 e. The van der Waals surface area contributed by atoms with E-state index in [9.17, 15) is 9.59 Å². The molecule has 1 aliphatic rings. The van der Waals surface area contributed by atoms with Crippen LogP contribution >= 0.6 is 0 Å². The Kier molecular flexibility index (Phi) is 7.18. The number of amides is 2. The molecule has 0 bridgehead atoms. The number of aromatic nitrogens is 1. The predicted octanol–water partition coefficient (Wildman–Crippen LogP) is 4.28. The fraction of sp³-hybridized carbons (Fsp3) is 0.321. The number of carbonyl (C=O) groups excluding carboxylic acids is 2. The molecule has 1 aliphatic heterocycles. The van der Waals surface area contributed by atoms with Gasteiger partial charge in [-0.05, 0) is 60.6 Å². The number of piperidine rings is 1. The lowest BCUT2D eigenvalue weighted by Gasteiger charge is -2.42. The first-order valence-corrected chi connectivity index (χ1v) is 11.7. The average Bonchev–Trinajstić information content (AvgIpc) is 2.86. The summed E-state index contributed by atoms with van der Waals surface area (Å²) in [7, 11) is 0. The van der Waals surface area contributed by atoms with Gasteiger partial charge in [0.2, 0.25) is 11.8 Å². The van der Waals surface area contributed by atoms with E-state index in [0.29, 0.717) is 32.5 Å². The van der Waals surface area contributed by atoms with Gasteiger partial charge in [-0.1, -0.05) is 54.6 Å². The first-order valence-electron chi connectivity index (χ1n) is 11.7. The van der Waals surface area contributed by atoms with E-state index in [4.69, 9.17) is 0 Å². The quantitative estimate of drug-likeness (QED) is 0.595. The van der Waals surface area contributed by atoms with E-state index in [2.05, 4.69) is 34.6 Å². The van der Waals surface area contributed by atoms with E-state index in [0.717, 1.165) is 35.1 Å². The lowest BCUT2D eigenvalue weighted by molar-refractivity contribution is -0.141. The molecule has 1 saturated heterocycles. The molecule has 0 radical (unpaired) electrons. The fourth-order valence-electron chi connectivity index (χ4n) is 4.74. The second-order valence-corrected chi connectivity index (χ2v) is 8.83. The van der Waals surface area contributed by atoms with Gasteiger partial charge in [0, 0.05) is 32.0 Å². The Morgan fingerprint density at radius 1 is 0.939 bits per heavy atom. The van der Waals surface area contributed by atoms with Crippen molar-refractivity contribution in [3.05, 3.63) is 90.3 Å². The van der Waals surface area contributed by atoms with E-state index < -0.39 is 5.41 Å². The van der Waals surface area contributed by atoms with Crippen LogP contribution in [-0.4, -0.2) is 41.3 Å². The Labute approximate surface area is 195 Å². The van der Waals surface area contributed by atoms with Gasteiger partial charge in [0.1, 0.15) is 0 Å².